The Morgan fingerprint density at radius 3 is 2.96 bits per heavy atom. The van der Waals surface area contributed by atoms with E-state index in [-0.39, 0.29) is 11.7 Å². The molecule has 140 valence electrons. The molecule has 3 N–H and O–H groups in total. The maximum absolute atomic E-state index is 13.7. The number of fused-ring (bicyclic) bond motifs is 2. The number of pyridine rings is 1. The minimum absolute atomic E-state index is 0.330. The lowest BCUT2D eigenvalue weighted by Crippen LogP contribution is -2.14. The summed E-state index contributed by atoms with van der Waals surface area (Å²) in [5, 5.41) is 3.58. The molecule has 0 fully saturated rings. The molecule has 1 aromatic carbocycles. The third-order valence-electron chi connectivity index (χ3n) is 5.40. The van der Waals surface area contributed by atoms with Gasteiger partial charge in [0.25, 0.3) is 5.91 Å². The molecule has 27 heavy (non-hydrogen) atoms. The number of amides is 1. The molecule has 3 aromatic rings. The second-order valence-electron chi connectivity index (χ2n) is 7.23. The molecule has 1 amide bonds. The lowest BCUT2D eigenvalue weighted by Gasteiger charge is -2.22. The zero-order valence-corrected chi connectivity index (χ0v) is 16.3. The Kier molecular flexibility index (Phi) is 4.60. The number of hydrogen-bond acceptors (Lipinski definition) is 4. The molecule has 0 aliphatic heterocycles. The van der Waals surface area contributed by atoms with Gasteiger partial charge < -0.3 is 11.1 Å². The number of halogens is 1. The van der Waals surface area contributed by atoms with Gasteiger partial charge in [-0.3, -0.25) is 4.79 Å². The first-order valence-electron chi connectivity index (χ1n) is 9.24. The summed E-state index contributed by atoms with van der Waals surface area (Å²) in [6.45, 7) is 3.90. The number of nitrogens with two attached hydrogens (primary N) is 1. The van der Waals surface area contributed by atoms with Crippen molar-refractivity contribution >= 4 is 38.8 Å². The number of rotatable bonds is 3. The fraction of sp³-hybridized carbons (Fsp3) is 0.333. The first-order chi connectivity index (χ1) is 13.0. The van der Waals surface area contributed by atoms with Gasteiger partial charge in [0.05, 0.1) is 5.69 Å². The van der Waals surface area contributed by atoms with Crippen molar-refractivity contribution < 1.29 is 9.18 Å². The van der Waals surface area contributed by atoms with Crippen LogP contribution in [0.3, 0.4) is 0 Å². The van der Waals surface area contributed by atoms with E-state index >= 15 is 0 Å². The van der Waals surface area contributed by atoms with E-state index < -0.39 is 0 Å². The summed E-state index contributed by atoms with van der Waals surface area (Å²) < 4.78 is 13.7. The number of aryl methyl sites for hydroxylation is 2. The van der Waals surface area contributed by atoms with Gasteiger partial charge in [-0.2, -0.15) is 0 Å². The van der Waals surface area contributed by atoms with Crippen LogP contribution in [0.15, 0.2) is 24.3 Å². The molecule has 4 rings (SSSR count). The predicted molar refractivity (Wildman–Crippen MR) is 109 cm³/mol. The summed E-state index contributed by atoms with van der Waals surface area (Å²) >= 11 is 1.30. The fourth-order valence-electron chi connectivity index (χ4n) is 3.64. The third kappa shape index (κ3) is 3.30. The highest BCUT2D eigenvalue weighted by Crippen LogP contribution is 2.37. The van der Waals surface area contributed by atoms with Crippen LogP contribution in [0.1, 0.15) is 46.3 Å². The summed E-state index contributed by atoms with van der Waals surface area (Å²) in [4.78, 5) is 18.7. The van der Waals surface area contributed by atoms with E-state index in [2.05, 4.69) is 18.3 Å². The molecular formula is C21H22FN3OS. The smallest absolute Gasteiger partial charge is 0.267 e. The van der Waals surface area contributed by atoms with Crippen molar-refractivity contribution in [2.75, 3.05) is 11.1 Å². The lowest BCUT2D eigenvalue weighted by molar-refractivity contribution is 0.103. The first-order valence-corrected chi connectivity index (χ1v) is 10.1. The van der Waals surface area contributed by atoms with Gasteiger partial charge in [-0.1, -0.05) is 19.4 Å². The summed E-state index contributed by atoms with van der Waals surface area (Å²) in [6, 6.07) is 6.74. The van der Waals surface area contributed by atoms with Crippen LogP contribution in [0.4, 0.5) is 15.8 Å². The van der Waals surface area contributed by atoms with Gasteiger partial charge in [-0.05, 0) is 61.4 Å². The van der Waals surface area contributed by atoms with Gasteiger partial charge in [0.2, 0.25) is 0 Å². The highest BCUT2D eigenvalue weighted by atomic mass is 32.1. The van der Waals surface area contributed by atoms with Crippen molar-refractivity contribution in [1.29, 1.82) is 0 Å². The van der Waals surface area contributed by atoms with Crippen molar-refractivity contribution in [2.24, 2.45) is 5.92 Å². The molecule has 0 saturated heterocycles. The van der Waals surface area contributed by atoms with Crippen molar-refractivity contribution in [2.45, 2.75) is 39.5 Å². The largest absolute Gasteiger partial charge is 0.397 e. The second kappa shape index (κ2) is 6.93. The van der Waals surface area contributed by atoms with Gasteiger partial charge in [-0.15, -0.1) is 11.3 Å². The van der Waals surface area contributed by atoms with Gasteiger partial charge in [0.15, 0.2) is 0 Å². The van der Waals surface area contributed by atoms with Gasteiger partial charge in [0, 0.05) is 16.8 Å². The standard InChI is InChI=1S/C21H22FN3OS/c1-3-12-5-7-17-13(8-12)9-15-18(23)19(27-21(15)25-17)20(26)24-14-6-4-11(2)16(22)10-14/h4,6,9-10,12H,3,5,7-8,23H2,1-2H3,(H,24,26)/t12-/m0/s1. The average molecular weight is 383 g/mol. The molecule has 6 heteroatoms. The zero-order chi connectivity index (χ0) is 19.1. The van der Waals surface area contributed by atoms with E-state index in [4.69, 9.17) is 10.7 Å². The molecule has 0 bridgehead atoms. The summed E-state index contributed by atoms with van der Waals surface area (Å²) in [7, 11) is 0. The highest BCUT2D eigenvalue weighted by Gasteiger charge is 2.23. The number of nitrogens with zero attached hydrogens (tertiary/aromatic N) is 1. The number of benzene rings is 1. The number of hydrogen-bond donors (Lipinski definition) is 2. The highest BCUT2D eigenvalue weighted by molar-refractivity contribution is 7.21. The maximum atomic E-state index is 13.7. The quantitative estimate of drug-likeness (QED) is 0.662. The molecule has 1 atom stereocenters. The Morgan fingerprint density at radius 1 is 1.41 bits per heavy atom. The monoisotopic (exact) mass is 383 g/mol. The number of carbonyl (C=O) groups excluding carboxylic acids is 1. The maximum Gasteiger partial charge on any atom is 0.267 e. The van der Waals surface area contributed by atoms with E-state index in [1.165, 1.54) is 23.0 Å². The summed E-state index contributed by atoms with van der Waals surface area (Å²) in [6.07, 6.45) is 4.33. The molecule has 4 nitrogen and oxygen atoms in total. The Hall–Kier alpha value is -2.47. The van der Waals surface area contributed by atoms with E-state index in [1.54, 1.807) is 19.1 Å². The number of thiophene rings is 1. The number of nitrogen functional groups attached to an aromatic ring is 1. The number of carbonyl (C=O) groups is 1. The Morgan fingerprint density at radius 2 is 2.22 bits per heavy atom. The molecule has 0 spiro atoms. The number of nitrogens with one attached hydrogen (secondary N) is 1. The minimum Gasteiger partial charge on any atom is -0.397 e. The number of aromatic nitrogens is 1. The van der Waals surface area contributed by atoms with Crippen LogP contribution in [-0.4, -0.2) is 10.9 Å². The predicted octanol–water partition coefficient (Wildman–Crippen LogP) is 5.09. The molecule has 0 unspecified atom stereocenters. The van der Waals surface area contributed by atoms with E-state index in [9.17, 15) is 9.18 Å². The van der Waals surface area contributed by atoms with E-state index in [0.717, 1.165) is 41.6 Å². The molecule has 1 aliphatic rings. The van der Waals surface area contributed by atoms with Gasteiger partial charge in [0.1, 0.15) is 15.5 Å². The van der Waals surface area contributed by atoms with Crippen LogP contribution < -0.4 is 11.1 Å². The van der Waals surface area contributed by atoms with Crippen LogP contribution in [0.5, 0.6) is 0 Å². The normalized spacial score (nSPS) is 16.3. The van der Waals surface area contributed by atoms with Crippen LogP contribution in [0, 0.1) is 18.7 Å². The zero-order valence-electron chi connectivity index (χ0n) is 15.4. The molecular weight excluding hydrogens is 361 g/mol. The van der Waals surface area contributed by atoms with Crippen LogP contribution in [0.2, 0.25) is 0 Å². The van der Waals surface area contributed by atoms with E-state index in [0.29, 0.717) is 27.7 Å². The van der Waals surface area contributed by atoms with Crippen molar-refractivity contribution in [3.05, 3.63) is 51.8 Å². The average Bonchev–Trinajstić information content (AvgIpc) is 2.98. The van der Waals surface area contributed by atoms with Crippen molar-refractivity contribution in [3.63, 3.8) is 0 Å². The Labute approximate surface area is 161 Å². The molecule has 2 heterocycles. The molecule has 0 saturated carbocycles. The molecule has 2 aromatic heterocycles. The van der Waals surface area contributed by atoms with Crippen LogP contribution in [-0.2, 0) is 12.8 Å². The van der Waals surface area contributed by atoms with Crippen LogP contribution in [0.25, 0.3) is 10.2 Å². The SMILES string of the molecule is CC[C@H]1CCc2nc3sc(C(=O)Nc4ccc(C)c(F)c4)c(N)c3cc2C1. The summed E-state index contributed by atoms with van der Waals surface area (Å²) in [5.41, 5.74) is 10.1. The Balaban J connectivity index is 1.66. The second-order valence-corrected chi connectivity index (χ2v) is 8.23. The minimum atomic E-state index is -0.350. The fourth-order valence-corrected chi connectivity index (χ4v) is 4.63. The Bertz CT molecular complexity index is 1040. The third-order valence-corrected chi connectivity index (χ3v) is 6.51. The van der Waals surface area contributed by atoms with Crippen LogP contribution >= 0.6 is 11.3 Å². The van der Waals surface area contributed by atoms with Gasteiger partial charge in [-0.25, -0.2) is 9.37 Å². The van der Waals surface area contributed by atoms with Gasteiger partial charge >= 0.3 is 0 Å². The number of anilines is 2. The van der Waals surface area contributed by atoms with Crippen molar-refractivity contribution in [3.8, 4) is 0 Å². The summed E-state index contributed by atoms with van der Waals surface area (Å²) in [5.74, 6) is 0.0101. The topological polar surface area (TPSA) is 68.0 Å². The lowest BCUT2D eigenvalue weighted by atomic mass is 9.85. The molecule has 1 aliphatic carbocycles. The molecule has 0 radical (unpaired) electrons. The van der Waals surface area contributed by atoms with E-state index in [1.807, 2.05) is 0 Å². The van der Waals surface area contributed by atoms with Crippen molar-refractivity contribution in [1.82, 2.24) is 4.98 Å². The first kappa shape index (κ1) is 17.9.